The first-order valence-electron chi connectivity index (χ1n) is 11.5. The van der Waals surface area contributed by atoms with Gasteiger partial charge in [-0.3, -0.25) is 0 Å². The van der Waals surface area contributed by atoms with E-state index >= 15 is 0 Å². The van der Waals surface area contributed by atoms with Gasteiger partial charge in [0.05, 0.1) is 0 Å². The lowest BCUT2D eigenvalue weighted by Gasteiger charge is -2.55. The molecule has 2 fully saturated rings. The summed E-state index contributed by atoms with van der Waals surface area (Å²) in [6, 6.07) is 7.39. The van der Waals surface area contributed by atoms with E-state index in [4.69, 9.17) is 0 Å². The zero-order chi connectivity index (χ0) is 20.9. The lowest BCUT2D eigenvalue weighted by molar-refractivity contribution is 0.0386. The SMILES string of the molecule is Cc1ncc(-c2ccc3c(c2)[C@]2(C)CCN(C(=O)N4CCCCC4)[C@H](C3)[C@H]2C)cn1. The third-order valence-corrected chi connectivity index (χ3v) is 8.00. The smallest absolute Gasteiger partial charge is 0.320 e. The maximum Gasteiger partial charge on any atom is 0.320 e. The van der Waals surface area contributed by atoms with Gasteiger partial charge in [-0.15, -0.1) is 0 Å². The van der Waals surface area contributed by atoms with Gasteiger partial charge in [-0.1, -0.05) is 32.0 Å². The number of hydrogen-bond acceptors (Lipinski definition) is 3. The third kappa shape index (κ3) is 3.10. The van der Waals surface area contributed by atoms with Crippen molar-refractivity contribution >= 4 is 6.03 Å². The number of aromatic nitrogens is 2. The molecule has 3 heterocycles. The molecule has 1 aliphatic carbocycles. The molecule has 2 aliphatic heterocycles. The van der Waals surface area contributed by atoms with E-state index in [0.717, 1.165) is 56.7 Å². The summed E-state index contributed by atoms with van der Waals surface area (Å²) in [6.45, 7) is 9.38. The van der Waals surface area contributed by atoms with Crippen molar-refractivity contribution in [2.75, 3.05) is 19.6 Å². The van der Waals surface area contributed by atoms with E-state index in [2.05, 4.69) is 51.8 Å². The van der Waals surface area contributed by atoms with Gasteiger partial charge in [0.25, 0.3) is 0 Å². The Balaban J connectivity index is 1.46. The molecule has 3 atom stereocenters. The van der Waals surface area contributed by atoms with E-state index in [0.29, 0.717) is 12.0 Å². The Morgan fingerprint density at radius 2 is 1.80 bits per heavy atom. The molecular formula is C25H32N4O. The lowest BCUT2D eigenvalue weighted by Crippen LogP contribution is -2.62. The minimum absolute atomic E-state index is 0.0957. The number of fused-ring (bicyclic) bond motifs is 4. The molecule has 5 rings (SSSR count). The summed E-state index contributed by atoms with van der Waals surface area (Å²) in [5.41, 5.74) is 5.20. The largest absolute Gasteiger partial charge is 0.325 e. The molecule has 2 aromatic rings. The van der Waals surface area contributed by atoms with Gasteiger partial charge in [-0.2, -0.15) is 0 Å². The maximum atomic E-state index is 13.3. The van der Waals surface area contributed by atoms with Crippen molar-refractivity contribution in [2.24, 2.45) is 5.92 Å². The van der Waals surface area contributed by atoms with Gasteiger partial charge < -0.3 is 9.80 Å². The van der Waals surface area contributed by atoms with Gasteiger partial charge in [0.15, 0.2) is 0 Å². The van der Waals surface area contributed by atoms with Crippen molar-refractivity contribution < 1.29 is 4.79 Å². The Morgan fingerprint density at radius 3 is 2.53 bits per heavy atom. The van der Waals surface area contributed by atoms with Crippen LogP contribution in [0.4, 0.5) is 4.79 Å². The van der Waals surface area contributed by atoms with Crippen LogP contribution >= 0.6 is 0 Å². The second-order valence-corrected chi connectivity index (χ2v) is 9.64. The number of nitrogens with zero attached hydrogens (tertiary/aromatic N) is 4. The molecule has 158 valence electrons. The molecule has 5 nitrogen and oxygen atoms in total. The number of hydrogen-bond donors (Lipinski definition) is 0. The quantitative estimate of drug-likeness (QED) is 0.699. The maximum absolute atomic E-state index is 13.3. The van der Waals surface area contributed by atoms with Crippen molar-refractivity contribution in [1.29, 1.82) is 0 Å². The van der Waals surface area contributed by atoms with Crippen LogP contribution in [0.5, 0.6) is 0 Å². The number of carbonyl (C=O) groups excluding carboxylic acids is 1. The molecule has 2 bridgehead atoms. The summed E-state index contributed by atoms with van der Waals surface area (Å²) in [4.78, 5) is 26.4. The molecule has 0 saturated carbocycles. The van der Waals surface area contributed by atoms with E-state index in [9.17, 15) is 4.79 Å². The van der Waals surface area contributed by atoms with Gasteiger partial charge in [0.2, 0.25) is 0 Å². The molecule has 2 amide bonds. The molecule has 0 spiro atoms. The zero-order valence-corrected chi connectivity index (χ0v) is 18.4. The van der Waals surface area contributed by atoms with Crippen molar-refractivity contribution in [3.63, 3.8) is 0 Å². The number of carbonyl (C=O) groups is 1. The van der Waals surface area contributed by atoms with Gasteiger partial charge in [-0.25, -0.2) is 14.8 Å². The number of benzene rings is 1. The third-order valence-electron chi connectivity index (χ3n) is 8.00. The predicted molar refractivity (Wildman–Crippen MR) is 118 cm³/mol. The summed E-state index contributed by atoms with van der Waals surface area (Å²) in [6.07, 6.45) is 9.35. The monoisotopic (exact) mass is 404 g/mol. The summed E-state index contributed by atoms with van der Waals surface area (Å²) >= 11 is 0. The standard InChI is InChI=1S/C25H32N4O/c1-17-23-14-20-8-7-19(21-15-26-18(2)27-16-21)13-22(20)25(17,3)9-12-29(23)24(30)28-10-5-4-6-11-28/h7-8,13,15-17,23H,4-6,9-12,14H2,1-3H3/t17-,23-,25-/m1/s1. The highest BCUT2D eigenvalue weighted by Gasteiger charge is 2.50. The number of rotatable bonds is 1. The van der Waals surface area contributed by atoms with Crippen LogP contribution in [-0.4, -0.2) is 51.5 Å². The molecule has 5 heteroatoms. The van der Waals surface area contributed by atoms with Crippen molar-refractivity contribution in [2.45, 2.75) is 64.3 Å². The number of amides is 2. The first-order valence-corrected chi connectivity index (χ1v) is 11.5. The average Bonchev–Trinajstić information content (AvgIpc) is 2.77. The van der Waals surface area contributed by atoms with Crippen LogP contribution in [0, 0.1) is 12.8 Å². The normalized spacial score (nSPS) is 28.2. The Kier molecular flexibility index (Phi) is 4.79. The molecule has 3 aliphatic rings. The van der Waals surface area contributed by atoms with Crippen LogP contribution in [0.3, 0.4) is 0 Å². The van der Waals surface area contributed by atoms with Gasteiger partial charge >= 0.3 is 6.03 Å². The Morgan fingerprint density at radius 1 is 1.07 bits per heavy atom. The van der Waals surface area contributed by atoms with E-state index < -0.39 is 0 Å². The molecule has 0 radical (unpaired) electrons. The molecule has 0 N–H and O–H groups in total. The molecule has 30 heavy (non-hydrogen) atoms. The van der Waals surface area contributed by atoms with Crippen LogP contribution in [0.2, 0.25) is 0 Å². The summed E-state index contributed by atoms with van der Waals surface area (Å²) in [5.74, 6) is 1.24. The molecule has 0 unspecified atom stereocenters. The summed E-state index contributed by atoms with van der Waals surface area (Å²) in [5, 5.41) is 0. The van der Waals surface area contributed by atoms with Crippen molar-refractivity contribution in [3.8, 4) is 11.1 Å². The van der Waals surface area contributed by atoms with Gasteiger partial charge in [0.1, 0.15) is 5.82 Å². The number of piperidine rings is 2. The number of urea groups is 1. The highest BCUT2D eigenvalue weighted by molar-refractivity contribution is 5.75. The topological polar surface area (TPSA) is 49.3 Å². The fourth-order valence-corrected chi connectivity index (χ4v) is 5.84. The van der Waals surface area contributed by atoms with E-state index in [1.807, 2.05) is 19.3 Å². The molecular weight excluding hydrogens is 372 g/mol. The van der Waals surface area contributed by atoms with E-state index in [1.165, 1.54) is 23.1 Å². The summed E-state index contributed by atoms with van der Waals surface area (Å²) < 4.78 is 0. The van der Waals surface area contributed by atoms with Crippen molar-refractivity contribution in [1.82, 2.24) is 19.8 Å². The summed E-state index contributed by atoms with van der Waals surface area (Å²) in [7, 11) is 0. The van der Waals surface area contributed by atoms with Crippen molar-refractivity contribution in [3.05, 3.63) is 47.5 Å². The van der Waals surface area contributed by atoms with Crippen LogP contribution in [0.15, 0.2) is 30.6 Å². The highest BCUT2D eigenvalue weighted by Crippen LogP contribution is 2.49. The lowest BCUT2D eigenvalue weighted by atomic mass is 9.59. The molecule has 1 aromatic heterocycles. The second kappa shape index (κ2) is 7.36. The Bertz CT molecular complexity index is 950. The Hall–Kier alpha value is -2.43. The van der Waals surface area contributed by atoms with E-state index in [1.54, 1.807) is 0 Å². The minimum atomic E-state index is 0.0957. The number of likely N-dealkylation sites (tertiary alicyclic amines) is 2. The fraction of sp³-hybridized carbons (Fsp3) is 0.560. The second-order valence-electron chi connectivity index (χ2n) is 9.64. The first kappa shape index (κ1) is 19.5. The number of aryl methyl sites for hydroxylation is 1. The zero-order valence-electron chi connectivity index (χ0n) is 18.4. The Labute approximate surface area is 179 Å². The van der Waals surface area contributed by atoms with Gasteiger partial charge in [-0.05, 0) is 67.1 Å². The highest BCUT2D eigenvalue weighted by atomic mass is 16.2. The van der Waals surface area contributed by atoms with Crippen LogP contribution < -0.4 is 0 Å². The first-order chi connectivity index (χ1) is 14.5. The van der Waals surface area contributed by atoms with Gasteiger partial charge in [0, 0.05) is 43.6 Å². The van der Waals surface area contributed by atoms with E-state index in [-0.39, 0.29) is 11.4 Å². The molecule has 1 aromatic carbocycles. The molecule has 2 saturated heterocycles. The average molecular weight is 405 g/mol. The minimum Gasteiger partial charge on any atom is -0.325 e. The van der Waals surface area contributed by atoms with Crippen LogP contribution in [0.1, 0.15) is 56.5 Å². The predicted octanol–water partition coefficient (Wildman–Crippen LogP) is 4.58. The van der Waals surface area contributed by atoms with Crippen LogP contribution in [0.25, 0.3) is 11.1 Å². The fourth-order valence-electron chi connectivity index (χ4n) is 5.84. The van der Waals surface area contributed by atoms with Crippen LogP contribution in [-0.2, 0) is 11.8 Å².